The number of ether oxygens (including phenoxy) is 1. The van der Waals surface area contributed by atoms with Crippen molar-refractivity contribution in [1.29, 1.82) is 0 Å². The van der Waals surface area contributed by atoms with Crippen LogP contribution in [0.25, 0.3) is 6.08 Å². The van der Waals surface area contributed by atoms with E-state index in [1.165, 1.54) is 0 Å². The predicted molar refractivity (Wildman–Crippen MR) is 118 cm³/mol. The van der Waals surface area contributed by atoms with Gasteiger partial charge in [0.25, 0.3) is 11.8 Å². The van der Waals surface area contributed by atoms with Gasteiger partial charge in [-0.25, -0.2) is 4.79 Å². The minimum Gasteiger partial charge on any atom is -0.479 e. The Balaban J connectivity index is 1.81. The molecule has 0 aliphatic carbocycles. The fraction of sp³-hybridized carbons (Fsp3) is 0.143. The summed E-state index contributed by atoms with van der Waals surface area (Å²) in [7, 11) is 0. The number of hydrogen-bond donors (Lipinski definition) is 2. The lowest BCUT2D eigenvalue weighted by Crippen LogP contribution is -2.44. The number of benzene rings is 2. The molecule has 1 saturated heterocycles. The molecular weight excluding hydrogens is 424 g/mol. The van der Waals surface area contributed by atoms with Gasteiger partial charge in [-0.2, -0.15) is 5.01 Å². The Kier molecular flexibility index (Phi) is 6.86. The van der Waals surface area contributed by atoms with Crippen molar-refractivity contribution in [2.24, 2.45) is 0 Å². The number of aliphatic carboxylic acids is 1. The minimum absolute atomic E-state index is 0.186. The molecule has 9 heteroatoms. The van der Waals surface area contributed by atoms with Gasteiger partial charge >= 0.3 is 5.97 Å². The largest absolute Gasteiger partial charge is 0.479 e. The minimum atomic E-state index is -1.07. The van der Waals surface area contributed by atoms with E-state index in [0.717, 1.165) is 16.8 Å². The molecular formula is C21H18N2O5S2. The summed E-state index contributed by atoms with van der Waals surface area (Å²) >= 11 is 6.27. The highest BCUT2D eigenvalue weighted by Gasteiger charge is 2.34. The number of carboxylic acids is 1. The molecule has 2 aromatic carbocycles. The molecule has 30 heavy (non-hydrogen) atoms. The Morgan fingerprint density at radius 3 is 2.53 bits per heavy atom. The number of hydrogen-bond acceptors (Lipinski definition) is 6. The zero-order valence-electron chi connectivity index (χ0n) is 15.9. The van der Waals surface area contributed by atoms with Crippen LogP contribution in [0.15, 0.2) is 59.5 Å². The van der Waals surface area contributed by atoms with Crippen LogP contribution in [0, 0.1) is 0 Å². The third kappa shape index (κ3) is 4.87. The molecule has 0 bridgehead atoms. The van der Waals surface area contributed by atoms with E-state index in [0.29, 0.717) is 16.9 Å². The summed E-state index contributed by atoms with van der Waals surface area (Å²) in [6, 6.07) is 15.3. The van der Waals surface area contributed by atoms with Crippen molar-refractivity contribution in [2.45, 2.75) is 19.4 Å². The standard InChI is InChI=1S/C21H18N2O5S2/c1-2-15(20(26)27)28-16-11-7-6-10-14(16)12-17-19(25)23(21(29)30-17)22-18(24)13-8-4-3-5-9-13/h3-12,15H,2H2,1H3,(H,22,24)(H,26,27)/b17-12+. The average molecular weight is 443 g/mol. The molecule has 2 amide bonds. The Labute approximate surface area is 182 Å². The third-order valence-corrected chi connectivity index (χ3v) is 5.47. The fourth-order valence-electron chi connectivity index (χ4n) is 2.63. The smallest absolute Gasteiger partial charge is 0.344 e. The Morgan fingerprint density at radius 2 is 1.87 bits per heavy atom. The van der Waals surface area contributed by atoms with Crippen LogP contribution in [0.4, 0.5) is 0 Å². The van der Waals surface area contributed by atoms with E-state index in [-0.39, 0.29) is 15.6 Å². The highest BCUT2D eigenvalue weighted by atomic mass is 32.2. The van der Waals surface area contributed by atoms with Crippen LogP contribution >= 0.6 is 24.0 Å². The van der Waals surface area contributed by atoms with Gasteiger partial charge in [0.15, 0.2) is 10.4 Å². The summed E-state index contributed by atoms with van der Waals surface area (Å²) in [5, 5.41) is 10.3. The van der Waals surface area contributed by atoms with Gasteiger partial charge in [-0.05, 0) is 42.9 Å². The normalized spacial score (nSPS) is 15.9. The molecule has 1 fully saturated rings. The number of rotatable bonds is 7. The first-order chi connectivity index (χ1) is 14.4. The van der Waals surface area contributed by atoms with Crippen LogP contribution < -0.4 is 10.2 Å². The van der Waals surface area contributed by atoms with Crippen LogP contribution in [0.3, 0.4) is 0 Å². The van der Waals surface area contributed by atoms with Gasteiger partial charge in [0.05, 0.1) is 4.91 Å². The topological polar surface area (TPSA) is 95.9 Å². The van der Waals surface area contributed by atoms with E-state index in [9.17, 15) is 19.5 Å². The second-order valence-corrected chi connectivity index (χ2v) is 7.89. The van der Waals surface area contributed by atoms with Gasteiger partial charge in [0, 0.05) is 11.1 Å². The number of hydrazine groups is 1. The second-order valence-electron chi connectivity index (χ2n) is 6.21. The maximum Gasteiger partial charge on any atom is 0.344 e. The molecule has 2 aromatic rings. The van der Waals surface area contributed by atoms with Gasteiger partial charge < -0.3 is 9.84 Å². The van der Waals surface area contributed by atoms with Crippen molar-refractivity contribution in [3.63, 3.8) is 0 Å². The third-order valence-electron chi connectivity index (χ3n) is 4.16. The lowest BCUT2D eigenvalue weighted by atomic mass is 10.1. The van der Waals surface area contributed by atoms with Crippen molar-refractivity contribution in [3.05, 3.63) is 70.6 Å². The first kappa shape index (κ1) is 21.5. The molecule has 1 heterocycles. The fourth-order valence-corrected chi connectivity index (χ4v) is 3.80. The summed E-state index contributed by atoms with van der Waals surface area (Å²) in [4.78, 5) is 36.7. The molecule has 1 aliphatic heterocycles. The maximum absolute atomic E-state index is 12.8. The second kappa shape index (κ2) is 9.55. The van der Waals surface area contributed by atoms with E-state index < -0.39 is 23.9 Å². The van der Waals surface area contributed by atoms with E-state index in [1.807, 2.05) is 0 Å². The van der Waals surface area contributed by atoms with Crippen LogP contribution in [-0.4, -0.2) is 38.3 Å². The van der Waals surface area contributed by atoms with E-state index in [2.05, 4.69) is 5.43 Å². The van der Waals surface area contributed by atoms with E-state index >= 15 is 0 Å². The molecule has 1 aliphatic rings. The monoisotopic (exact) mass is 442 g/mol. The molecule has 2 N–H and O–H groups in total. The molecule has 0 spiro atoms. The zero-order chi connectivity index (χ0) is 21.7. The molecule has 3 rings (SSSR count). The highest BCUT2D eigenvalue weighted by molar-refractivity contribution is 8.26. The SMILES string of the molecule is CCC(Oc1ccccc1/C=C1/SC(=S)N(NC(=O)c2ccccc2)C1=O)C(=O)O. The van der Waals surface area contributed by atoms with Gasteiger partial charge in [0.2, 0.25) is 0 Å². The van der Waals surface area contributed by atoms with E-state index in [1.54, 1.807) is 67.6 Å². The molecule has 0 aromatic heterocycles. The number of amides is 2. The van der Waals surface area contributed by atoms with Crippen molar-refractivity contribution in [1.82, 2.24) is 10.4 Å². The van der Waals surface area contributed by atoms with Crippen LogP contribution in [0.2, 0.25) is 0 Å². The summed E-state index contributed by atoms with van der Waals surface area (Å²) in [5.41, 5.74) is 3.45. The van der Waals surface area contributed by atoms with Gasteiger partial charge in [-0.1, -0.05) is 55.1 Å². The lowest BCUT2D eigenvalue weighted by Gasteiger charge is -2.16. The lowest BCUT2D eigenvalue weighted by molar-refractivity contribution is -0.145. The van der Waals surface area contributed by atoms with E-state index in [4.69, 9.17) is 17.0 Å². The predicted octanol–water partition coefficient (Wildman–Crippen LogP) is 3.47. The summed E-state index contributed by atoms with van der Waals surface area (Å²) in [6.45, 7) is 1.71. The molecule has 0 radical (unpaired) electrons. The Morgan fingerprint density at radius 1 is 1.20 bits per heavy atom. The van der Waals surface area contributed by atoms with Crippen LogP contribution in [-0.2, 0) is 9.59 Å². The number of carbonyl (C=O) groups excluding carboxylic acids is 2. The highest BCUT2D eigenvalue weighted by Crippen LogP contribution is 2.33. The first-order valence-electron chi connectivity index (χ1n) is 9.03. The molecule has 1 atom stereocenters. The average Bonchev–Trinajstić information content (AvgIpc) is 3.00. The summed E-state index contributed by atoms with van der Waals surface area (Å²) in [5.74, 6) is -1.66. The van der Waals surface area contributed by atoms with Crippen molar-refractivity contribution in [3.8, 4) is 5.75 Å². The number of thioether (sulfide) groups is 1. The Bertz CT molecular complexity index is 1020. The molecule has 0 saturated carbocycles. The molecule has 154 valence electrons. The van der Waals surface area contributed by atoms with Crippen LogP contribution in [0.5, 0.6) is 5.75 Å². The molecule has 7 nitrogen and oxygen atoms in total. The zero-order valence-corrected chi connectivity index (χ0v) is 17.5. The van der Waals surface area contributed by atoms with Gasteiger partial charge in [0.1, 0.15) is 5.75 Å². The number of carbonyl (C=O) groups is 3. The number of thiocarbonyl (C=S) groups is 1. The first-order valence-corrected chi connectivity index (χ1v) is 10.3. The quantitative estimate of drug-likeness (QED) is 0.501. The summed E-state index contributed by atoms with van der Waals surface area (Å²) in [6.07, 6.45) is 0.856. The van der Waals surface area contributed by atoms with Crippen LogP contribution in [0.1, 0.15) is 29.3 Å². The number of nitrogens with one attached hydrogen (secondary N) is 1. The maximum atomic E-state index is 12.8. The van der Waals surface area contributed by atoms with Crippen molar-refractivity contribution < 1.29 is 24.2 Å². The summed E-state index contributed by atoms with van der Waals surface area (Å²) < 4.78 is 5.78. The number of carboxylic acid groups (broad SMARTS) is 1. The molecule has 1 unspecified atom stereocenters. The van der Waals surface area contributed by atoms with Crippen molar-refractivity contribution in [2.75, 3.05) is 0 Å². The Hall–Kier alpha value is -3.17. The van der Waals surface area contributed by atoms with Gasteiger partial charge in [-0.15, -0.1) is 0 Å². The number of nitrogens with zero attached hydrogens (tertiary/aromatic N) is 1. The number of para-hydroxylation sites is 1. The van der Waals surface area contributed by atoms with Crippen molar-refractivity contribution >= 4 is 52.2 Å². The van der Waals surface area contributed by atoms with Gasteiger partial charge in [-0.3, -0.25) is 15.0 Å².